The number of halogens is 1. The maximum absolute atomic E-state index is 12.9. The van der Waals surface area contributed by atoms with Crippen LogP contribution in [0.5, 0.6) is 5.75 Å². The van der Waals surface area contributed by atoms with Gasteiger partial charge in [0.25, 0.3) is 0 Å². The van der Waals surface area contributed by atoms with E-state index in [0.29, 0.717) is 0 Å². The molecule has 4 nitrogen and oxygen atoms in total. The third kappa shape index (κ3) is 3.82. The largest absolute Gasteiger partial charge is 0.497 e. The molecule has 0 bridgehead atoms. The minimum atomic E-state index is -0.0353. The summed E-state index contributed by atoms with van der Waals surface area (Å²) < 4.78 is 6.25. The quantitative estimate of drug-likeness (QED) is 0.741. The zero-order chi connectivity index (χ0) is 18.0. The third-order valence-electron chi connectivity index (χ3n) is 4.74. The van der Waals surface area contributed by atoms with Gasteiger partial charge in [0.1, 0.15) is 5.75 Å². The van der Waals surface area contributed by atoms with Crippen molar-refractivity contribution in [2.75, 3.05) is 19.0 Å². The van der Waals surface area contributed by atoms with Crippen LogP contribution >= 0.6 is 15.9 Å². The lowest BCUT2D eigenvalue weighted by Gasteiger charge is -2.26. The molecule has 0 aliphatic carbocycles. The number of aryl methyl sites for hydroxylation is 2. The first-order valence-corrected chi connectivity index (χ1v) is 9.27. The summed E-state index contributed by atoms with van der Waals surface area (Å²) >= 11 is 3.50. The Balaban J connectivity index is 1.79. The standard InChI is InChI=1S/C20H23BrN2O2/c1-13-11-16(21)12-14(2)19(13)22-20(24)23-10-4-5-18(23)15-6-8-17(25-3)9-7-15/h6-9,11-12,18H,4-5,10H2,1-3H3,(H,22,24)/t18-/m0/s1. The van der Waals surface area contributed by atoms with Crippen molar-refractivity contribution >= 4 is 27.6 Å². The Hall–Kier alpha value is -2.01. The number of urea groups is 1. The molecule has 2 aromatic carbocycles. The lowest BCUT2D eigenvalue weighted by molar-refractivity contribution is 0.207. The highest BCUT2D eigenvalue weighted by atomic mass is 79.9. The average molecular weight is 403 g/mol. The maximum atomic E-state index is 12.9. The topological polar surface area (TPSA) is 41.6 Å². The summed E-state index contributed by atoms with van der Waals surface area (Å²) in [6.45, 7) is 4.80. The highest BCUT2D eigenvalue weighted by molar-refractivity contribution is 9.10. The zero-order valence-corrected chi connectivity index (χ0v) is 16.4. The van der Waals surface area contributed by atoms with Gasteiger partial charge in [-0.3, -0.25) is 0 Å². The van der Waals surface area contributed by atoms with Gasteiger partial charge in [-0.15, -0.1) is 0 Å². The summed E-state index contributed by atoms with van der Waals surface area (Å²) in [5.41, 5.74) is 4.16. The van der Waals surface area contributed by atoms with Gasteiger partial charge in [0.15, 0.2) is 0 Å². The van der Waals surface area contributed by atoms with Gasteiger partial charge in [0.05, 0.1) is 13.2 Å². The molecule has 0 saturated carbocycles. The number of ether oxygens (including phenoxy) is 1. The van der Waals surface area contributed by atoms with Crippen molar-refractivity contribution in [1.29, 1.82) is 0 Å². The summed E-state index contributed by atoms with van der Waals surface area (Å²) in [5, 5.41) is 3.11. The van der Waals surface area contributed by atoms with Crippen molar-refractivity contribution in [1.82, 2.24) is 4.90 Å². The summed E-state index contributed by atoms with van der Waals surface area (Å²) in [6, 6.07) is 12.1. The van der Waals surface area contributed by atoms with Crippen molar-refractivity contribution in [2.24, 2.45) is 0 Å². The summed E-state index contributed by atoms with van der Waals surface area (Å²) in [7, 11) is 1.66. The molecule has 25 heavy (non-hydrogen) atoms. The number of amides is 2. The molecule has 1 atom stereocenters. The predicted octanol–water partition coefficient (Wildman–Crippen LogP) is 5.44. The molecule has 1 heterocycles. The lowest BCUT2D eigenvalue weighted by atomic mass is 10.0. The van der Waals surface area contributed by atoms with Crippen LogP contribution in [0.2, 0.25) is 0 Å². The van der Waals surface area contributed by atoms with Crippen LogP contribution in [0.1, 0.15) is 35.6 Å². The molecular weight excluding hydrogens is 380 g/mol. The van der Waals surface area contributed by atoms with Gasteiger partial charge in [-0.2, -0.15) is 0 Å². The maximum Gasteiger partial charge on any atom is 0.322 e. The normalized spacial score (nSPS) is 16.8. The van der Waals surface area contributed by atoms with E-state index in [1.165, 1.54) is 0 Å². The first kappa shape index (κ1) is 17.8. The molecule has 1 aliphatic heterocycles. The number of methoxy groups -OCH3 is 1. The lowest BCUT2D eigenvalue weighted by Crippen LogP contribution is -2.34. The van der Waals surface area contributed by atoms with E-state index in [1.807, 2.05) is 55.1 Å². The van der Waals surface area contributed by atoms with Crippen LogP contribution in [0.4, 0.5) is 10.5 Å². The highest BCUT2D eigenvalue weighted by Crippen LogP contribution is 2.34. The Labute approximate surface area is 157 Å². The number of benzene rings is 2. The molecule has 0 unspecified atom stereocenters. The van der Waals surface area contributed by atoms with Gasteiger partial charge in [-0.25, -0.2) is 4.79 Å². The number of hydrogen-bond donors (Lipinski definition) is 1. The van der Waals surface area contributed by atoms with Gasteiger partial charge < -0.3 is 15.0 Å². The first-order valence-electron chi connectivity index (χ1n) is 8.48. The van der Waals surface area contributed by atoms with E-state index in [-0.39, 0.29) is 12.1 Å². The number of nitrogens with zero attached hydrogens (tertiary/aromatic N) is 1. The van der Waals surface area contributed by atoms with E-state index in [9.17, 15) is 4.79 Å². The SMILES string of the molecule is COc1ccc([C@@H]2CCCN2C(=O)Nc2c(C)cc(Br)cc2C)cc1. The Bertz CT molecular complexity index is 751. The van der Waals surface area contributed by atoms with Gasteiger partial charge >= 0.3 is 6.03 Å². The molecule has 0 aromatic heterocycles. The smallest absolute Gasteiger partial charge is 0.322 e. The first-order chi connectivity index (χ1) is 12.0. The van der Waals surface area contributed by atoms with E-state index in [2.05, 4.69) is 21.2 Å². The Morgan fingerprint density at radius 2 is 1.84 bits per heavy atom. The van der Waals surface area contributed by atoms with Crippen LogP contribution in [0.3, 0.4) is 0 Å². The van der Waals surface area contributed by atoms with Crippen molar-refractivity contribution in [3.8, 4) is 5.75 Å². The van der Waals surface area contributed by atoms with Gasteiger partial charge in [-0.05, 0) is 67.6 Å². The number of nitrogens with one attached hydrogen (secondary N) is 1. The van der Waals surface area contributed by atoms with Crippen molar-refractivity contribution in [3.05, 3.63) is 57.6 Å². The predicted molar refractivity (Wildman–Crippen MR) is 104 cm³/mol. The number of anilines is 1. The minimum Gasteiger partial charge on any atom is -0.497 e. The molecule has 0 radical (unpaired) electrons. The molecule has 1 fully saturated rings. The Morgan fingerprint density at radius 1 is 1.20 bits per heavy atom. The van der Waals surface area contributed by atoms with Crippen LogP contribution < -0.4 is 10.1 Å². The Morgan fingerprint density at radius 3 is 2.44 bits per heavy atom. The van der Waals surface area contributed by atoms with Crippen LogP contribution in [-0.4, -0.2) is 24.6 Å². The molecule has 132 valence electrons. The third-order valence-corrected chi connectivity index (χ3v) is 5.20. The molecule has 1 aliphatic rings. The number of rotatable bonds is 3. The second-order valence-electron chi connectivity index (χ2n) is 6.47. The van der Waals surface area contributed by atoms with Gasteiger partial charge in [-0.1, -0.05) is 28.1 Å². The highest BCUT2D eigenvalue weighted by Gasteiger charge is 2.30. The number of carbonyl (C=O) groups is 1. The van der Waals surface area contributed by atoms with Crippen molar-refractivity contribution < 1.29 is 9.53 Å². The van der Waals surface area contributed by atoms with Crippen LogP contribution in [-0.2, 0) is 0 Å². The fourth-order valence-corrected chi connectivity index (χ4v) is 4.16. The second-order valence-corrected chi connectivity index (χ2v) is 7.38. The average Bonchev–Trinajstić information content (AvgIpc) is 3.07. The molecule has 3 rings (SSSR count). The van der Waals surface area contributed by atoms with Crippen molar-refractivity contribution in [3.63, 3.8) is 0 Å². The Kier molecular flexibility index (Phi) is 5.33. The second kappa shape index (κ2) is 7.48. The van der Waals surface area contributed by atoms with Crippen LogP contribution in [0.15, 0.2) is 40.9 Å². The van der Waals surface area contributed by atoms with Gasteiger partial charge in [0, 0.05) is 16.7 Å². The number of hydrogen-bond acceptors (Lipinski definition) is 2. The fraction of sp³-hybridized carbons (Fsp3) is 0.350. The zero-order valence-electron chi connectivity index (χ0n) is 14.8. The molecule has 2 aromatic rings. The van der Waals surface area contributed by atoms with E-state index in [1.54, 1.807) is 7.11 Å². The fourth-order valence-electron chi connectivity index (χ4n) is 3.47. The number of likely N-dealkylation sites (tertiary alicyclic amines) is 1. The summed E-state index contributed by atoms with van der Waals surface area (Å²) in [4.78, 5) is 14.8. The van der Waals surface area contributed by atoms with Gasteiger partial charge in [0.2, 0.25) is 0 Å². The van der Waals surface area contributed by atoms with E-state index in [4.69, 9.17) is 4.74 Å². The summed E-state index contributed by atoms with van der Waals surface area (Å²) in [5.74, 6) is 0.832. The van der Waals surface area contributed by atoms with E-state index >= 15 is 0 Å². The minimum absolute atomic E-state index is 0.0353. The van der Waals surface area contributed by atoms with Crippen LogP contribution in [0, 0.1) is 13.8 Å². The van der Waals surface area contributed by atoms with E-state index in [0.717, 1.165) is 52.0 Å². The molecule has 5 heteroatoms. The molecule has 1 N–H and O–H groups in total. The van der Waals surface area contributed by atoms with Crippen molar-refractivity contribution in [2.45, 2.75) is 32.7 Å². The molecular formula is C20H23BrN2O2. The molecule has 0 spiro atoms. The van der Waals surface area contributed by atoms with E-state index < -0.39 is 0 Å². The summed E-state index contributed by atoms with van der Waals surface area (Å²) in [6.07, 6.45) is 2.00. The molecule has 1 saturated heterocycles. The number of carbonyl (C=O) groups excluding carboxylic acids is 1. The monoisotopic (exact) mass is 402 g/mol. The van der Waals surface area contributed by atoms with Crippen LogP contribution in [0.25, 0.3) is 0 Å². The molecule has 2 amide bonds.